The third kappa shape index (κ3) is 4.31. The summed E-state index contributed by atoms with van der Waals surface area (Å²) >= 11 is 0. The molecule has 0 aromatic carbocycles. The highest BCUT2D eigenvalue weighted by atomic mass is 32.2. The monoisotopic (exact) mass is 265 g/mol. The van der Waals surface area contributed by atoms with Crippen molar-refractivity contribution in [3.8, 4) is 0 Å². The minimum Gasteiger partial charge on any atom is -0.480 e. The summed E-state index contributed by atoms with van der Waals surface area (Å²) < 4.78 is 28.9. The van der Waals surface area contributed by atoms with Crippen molar-refractivity contribution < 1.29 is 27.9 Å². The maximum atomic E-state index is 11.8. The molecule has 1 N–H and O–H groups in total. The van der Waals surface area contributed by atoms with Crippen LogP contribution >= 0.6 is 0 Å². The van der Waals surface area contributed by atoms with Crippen LogP contribution in [0.2, 0.25) is 0 Å². The van der Waals surface area contributed by atoms with Crippen LogP contribution in [0.15, 0.2) is 0 Å². The predicted octanol–water partition coefficient (Wildman–Crippen LogP) is -0.572. The van der Waals surface area contributed by atoms with Gasteiger partial charge in [-0.25, -0.2) is 8.42 Å². The molecule has 0 heterocycles. The molecule has 0 saturated heterocycles. The number of aliphatic carboxylic acids is 1. The van der Waals surface area contributed by atoms with Gasteiger partial charge in [0, 0.05) is 6.04 Å². The quantitative estimate of drug-likeness (QED) is 0.618. The molecule has 0 aromatic rings. The average molecular weight is 265 g/mol. The normalized spacial score (nSPS) is 15.9. The van der Waals surface area contributed by atoms with Gasteiger partial charge in [-0.05, 0) is 12.8 Å². The van der Waals surface area contributed by atoms with Crippen LogP contribution in [0.5, 0.6) is 0 Å². The van der Waals surface area contributed by atoms with Crippen molar-refractivity contribution in [3.05, 3.63) is 0 Å². The van der Waals surface area contributed by atoms with Crippen molar-refractivity contribution >= 4 is 22.0 Å². The summed E-state index contributed by atoms with van der Waals surface area (Å²) in [6.45, 7) is -0.547. The minimum absolute atomic E-state index is 0.228. The van der Waals surface area contributed by atoms with Gasteiger partial charge in [0.05, 0.1) is 19.3 Å². The summed E-state index contributed by atoms with van der Waals surface area (Å²) in [6, 6.07) is -0.228. The molecule has 1 fully saturated rings. The van der Waals surface area contributed by atoms with Crippen LogP contribution in [0.3, 0.4) is 0 Å². The third-order valence-corrected chi connectivity index (χ3v) is 4.26. The first-order valence-corrected chi connectivity index (χ1v) is 6.76. The second kappa shape index (κ2) is 5.46. The van der Waals surface area contributed by atoms with Crippen molar-refractivity contribution in [2.45, 2.75) is 25.3 Å². The van der Waals surface area contributed by atoms with Crippen LogP contribution in [-0.4, -0.2) is 55.2 Å². The smallest absolute Gasteiger partial charge is 0.318 e. The number of carbonyl (C=O) groups is 2. The van der Waals surface area contributed by atoms with Crippen molar-refractivity contribution in [1.29, 1.82) is 0 Å². The highest BCUT2D eigenvalue weighted by Gasteiger charge is 2.38. The fraction of sp³-hybridized carbons (Fsp3) is 0.778. The Labute approximate surface area is 99.4 Å². The lowest BCUT2D eigenvalue weighted by atomic mass is 10.5. The van der Waals surface area contributed by atoms with Crippen LogP contribution in [-0.2, 0) is 24.3 Å². The van der Waals surface area contributed by atoms with Crippen LogP contribution in [0.4, 0.5) is 0 Å². The molecule has 0 amide bonds. The number of hydrogen-bond acceptors (Lipinski definition) is 5. The first kappa shape index (κ1) is 13.9. The first-order chi connectivity index (χ1) is 7.86. The van der Waals surface area contributed by atoms with E-state index in [2.05, 4.69) is 4.74 Å². The van der Waals surface area contributed by atoms with Gasteiger partial charge in [0.1, 0.15) is 6.54 Å². The van der Waals surface area contributed by atoms with E-state index < -0.39 is 34.3 Å². The second-order valence-corrected chi connectivity index (χ2v) is 5.85. The summed E-state index contributed by atoms with van der Waals surface area (Å²) in [6.07, 6.45) is 1.08. The predicted molar refractivity (Wildman–Crippen MR) is 57.8 cm³/mol. The number of carbonyl (C=O) groups excluding carboxylic acids is 1. The van der Waals surface area contributed by atoms with Gasteiger partial charge < -0.3 is 9.84 Å². The molecule has 0 radical (unpaired) electrons. The van der Waals surface area contributed by atoms with Gasteiger partial charge >= 0.3 is 11.9 Å². The van der Waals surface area contributed by atoms with Gasteiger partial charge in [0.15, 0.2) is 0 Å². The van der Waals surface area contributed by atoms with Gasteiger partial charge in [0.25, 0.3) is 0 Å². The highest BCUT2D eigenvalue weighted by Crippen LogP contribution is 2.29. The second-order valence-electron chi connectivity index (χ2n) is 3.81. The highest BCUT2D eigenvalue weighted by molar-refractivity contribution is 7.89. The van der Waals surface area contributed by atoms with Crippen molar-refractivity contribution in [2.75, 3.05) is 19.4 Å². The SMILES string of the molecule is COC(=O)CCS(=O)(=O)N(CC(=O)O)C1CC1. The number of nitrogens with zero attached hydrogens (tertiary/aromatic N) is 1. The molecule has 7 nitrogen and oxygen atoms in total. The van der Waals surface area contributed by atoms with Crippen LogP contribution < -0.4 is 0 Å². The summed E-state index contributed by atoms with van der Waals surface area (Å²) in [5, 5.41) is 8.65. The minimum atomic E-state index is -3.71. The van der Waals surface area contributed by atoms with Gasteiger partial charge in [-0.1, -0.05) is 0 Å². The van der Waals surface area contributed by atoms with E-state index in [9.17, 15) is 18.0 Å². The fourth-order valence-corrected chi connectivity index (χ4v) is 3.01. The molecule has 8 heteroatoms. The zero-order chi connectivity index (χ0) is 13.1. The van der Waals surface area contributed by atoms with E-state index in [0.717, 1.165) is 4.31 Å². The zero-order valence-electron chi connectivity index (χ0n) is 9.46. The van der Waals surface area contributed by atoms with Crippen molar-refractivity contribution in [2.24, 2.45) is 0 Å². The number of sulfonamides is 1. The standard InChI is InChI=1S/C9H15NO6S/c1-16-9(13)4-5-17(14,15)10(6-8(11)12)7-2-3-7/h7H,2-6H2,1H3,(H,11,12). The summed E-state index contributed by atoms with van der Waals surface area (Å²) in [5.41, 5.74) is 0. The molecule has 0 spiro atoms. The summed E-state index contributed by atoms with van der Waals surface area (Å²) in [5.74, 6) is -2.23. The topological polar surface area (TPSA) is 101 Å². The maximum absolute atomic E-state index is 11.8. The molecule has 1 aliphatic rings. The average Bonchev–Trinajstić information content (AvgIpc) is 3.06. The number of ether oxygens (including phenoxy) is 1. The largest absolute Gasteiger partial charge is 0.480 e. The van der Waals surface area contributed by atoms with E-state index in [1.807, 2.05) is 0 Å². The molecule has 0 aliphatic heterocycles. The number of methoxy groups -OCH3 is 1. The van der Waals surface area contributed by atoms with E-state index >= 15 is 0 Å². The van der Waals surface area contributed by atoms with E-state index in [0.29, 0.717) is 12.8 Å². The molecule has 0 atom stereocenters. The number of carboxylic acids is 1. The lowest BCUT2D eigenvalue weighted by molar-refractivity contribution is -0.140. The Kier molecular flexibility index (Phi) is 4.47. The Balaban J connectivity index is 2.64. The summed E-state index contributed by atoms with van der Waals surface area (Å²) in [4.78, 5) is 21.5. The molecule has 98 valence electrons. The molecule has 0 bridgehead atoms. The Bertz CT molecular complexity index is 400. The fourth-order valence-electron chi connectivity index (χ4n) is 1.38. The van der Waals surface area contributed by atoms with Crippen molar-refractivity contribution in [1.82, 2.24) is 4.31 Å². The Morgan fingerprint density at radius 1 is 1.41 bits per heavy atom. The summed E-state index contributed by atoms with van der Waals surface area (Å²) in [7, 11) is -2.54. The van der Waals surface area contributed by atoms with Gasteiger partial charge in [-0.3, -0.25) is 9.59 Å². The third-order valence-electron chi connectivity index (χ3n) is 2.39. The van der Waals surface area contributed by atoms with E-state index in [4.69, 9.17) is 5.11 Å². The molecule has 17 heavy (non-hydrogen) atoms. The Hall–Kier alpha value is -1.15. The molecule has 1 rings (SSSR count). The van der Waals surface area contributed by atoms with E-state index in [-0.39, 0.29) is 12.5 Å². The van der Waals surface area contributed by atoms with Crippen LogP contribution in [0, 0.1) is 0 Å². The van der Waals surface area contributed by atoms with Crippen LogP contribution in [0.1, 0.15) is 19.3 Å². The molecule has 1 saturated carbocycles. The van der Waals surface area contributed by atoms with E-state index in [1.54, 1.807) is 0 Å². The Morgan fingerprint density at radius 3 is 2.41 bits per heavy atom. The number of esters is 1. The number of rotatable bonds is 7. The molecular formula is C9H15NO6S. The zero-order valence-corrected chi connectivity index (χ0v) is 10.3. The molecule has 0 unspecified atom stereocenters. The van der Waals surface area contributed by atoms with Gasteiger partial charge in [0.2, 0.25) is 10.0 Å². The first-order valence-electron chi connectivity index (χ1n) is 5.15. The lowest BCUT2D eigenvalue weighted by Crippen LogP contribution is -2.39. The van der Waals surface area contributed by atoms with E-state index in [1.165, 1.54) is 7.11 Å². The number of hydrogen-bond donors (Lipinski definition) is 1. The Morgan fingerprint density at radius 2 is 2.00 bits per heavy atom. The molecular weight excluding hydrogens is 250 g/mol. The van der Waals surface area contributed by atoms with Crippen molar-refractivity contribution in [3.63, 3.8) is 0 Å². The molecule has 0 aromatic heterocycles. The lowest BCUT2D eigenvalue weighted by Gasteiger charge is -2.19. The van der Waals surface area contributed by atoms with Crippen LogP contribution in [0.25, 0.3) is 0 Å². The number of carboxylic acid groups (broad SMARTS) is 1. The maximum Gasteiger partial charge on any atom is 0.318 e. The molecule has 1 aliphatic carbocycles. The van der Waals surface area contributed by atoms with Gasteiger partial charge in [-0.2, -0.15) is 4.31 Å². The van der Waals surface area contributed by atoms with Gasteiger partial charge in [-0.15, -0.1) is 0 Å².